The molecule has 0 unspecified atom stereocenters. The lowest BCUT2D eigenvalue weighted by Crippen LogP contribution is -2.02. The number of Topliss-reactive ketones (excluding diaryl/α,β-unsaturated/α-hetero) is 2. The van der Waals surface area contributed by atoms with Crippen LogP contribution in [-0.2, 0) is 0 Å². The Hall–Kier alpha value is -2.05. The molecule has 0 aliphatic carbocycles. The second kappa shape index (κ2) is 3.36. The minimum Gasteiger partial charge on any atom is -0.293 e. The highest BCUT2D eigenvalue weighted by Gasteiger charge is 2.28. The van der Waals surface area contributed by atoms with E-state index in [4.69, 9.17) is 0 Å². The van der Waals surface area contributed by atoms with Crippen molar-refractivity contribution in [3.05, 3.63) is 21.5 Å². The predicted molar refractivity (Wildman–Crippen MR) is 45.3 cm³/mol. The third kappa shape index (κ3) is 1.51. The Labute approximate surface area is 78.3 Å². The zero-order valence-corrected chi connectivity index (χ0v) is 7.53. The van der Waals surface area contributed by atoms with E-state index in [9.17, 15) is 19.7 Å². The number of aromatic nitrogens is 2. The maximum absolute atomic E-state index is 10.9. The van der Waals surface area contributed by atoms with Crippen molar-refractivity contribution < 1.29 is 14.5 Å². The van der Waals surface area contributed by atoms with Gasteiger partial charge in [0.15, 0.2) is 17.3 Å². The van der Waals surface area contributed by atoms with Crippen LogP contribution < -0.4 is 0 Å². The summed E-state index contributed by atoms with van der Waals surface area (Å²) in [5, 5.41) is 16.1. The molecule has 0 atom stereocenters. The highest BCUT2D eigenvalue weighted by molar-refractivity contribution is 6.03. The summed E-state index contributed by atoms with van der Waals surface area (Å²) in [6, 6.07) is 0. The average molecular weight is 197 g/mol. The molecule has 7 nitrogen and oxygen atoms in total. The predicted octanol–water partition coefficient (Wildman–Crippen LogP) is 0.723. The van der Waals surface area contributed by atoms with Crippen molar-refractivity contribution in [2.75, 3.05) is 0 Å². The van der Waals surface area contributed by atoms with E-state index in [0.717, 1.165) is 13.8 Å². The van der Waals surface area contributed by atoms with E-state index in [1.165, 1.54) is 0 Å². The van der Waals surface area contributed by atoms with Gasteiger partial charge >= 0.3 is 5.69 Å². The molecular formula is C7H7N3O4. The minimum absolute atomic E-state index is 0.250. The van der Waals surface area contributed by atoms with E-state index in [-0.39, 0.29) is 11.4 Å². The number of nitro groups is 1. The number of nitrogens with zero attached hydrogens (tertiary/aromatic N) is 2. The van der Waals surface area contributed by atoms with Crippen LogP contribution >= 0.6 is 0 Å². The number of hydrogen-bond donors (Lipinski definition) is 1. The molecule has 0 aromatic carbocycles. The highest BCUT2D eigenvalue weighted by atomic mass is 16.6. The number of carbonyl (C=O) groups is 2. The third-order valence-corrected chi connectivity index (χ3v) is 1.61. The fourth-order valence-corrected chi connectivity index (χ4v) is 1.00. The number of nitrogens with one attached hydrogen (secondary N) is 1. The second-order valence-electron chi connectivity index (χ2n) is 2.67. The van der Waals surface area contributed by atoms with Crippen molar-refractivity contribution >= 4 is 17.3 Å². The van der Waals surface area contributed by atoms with E-state index < -0.39 is 22.2 Å². The van der Waals surface area contributed by atoms with Crippen molar-refractivity contribution in [2.45, 2.75) is 13.8 Å². The molecule has 1 aromatic rings. The van der Waals surface area contributed by atoms with Crippen molar-refractivity contribution in [1.82, 2.24) is 10.2 Å². The molecule has 0 saturated carbocycles. The van der Waals surface area contributed by atoms with Crippen molar-refractivity contribution in [3.63, 3.8) is 0 Å². The van der Waals surface area contributed by atoms with Gasteiger partial charge in [0.2, 0.25) is 5.69 Å². The van der Waals surface area contributed by atoms with Crippen LogP contribution in [0.25, 0.3) is 0 Å². The lowest BCUT2D eigenvalue weighted by molar-refractivity contribution is -0.385. The van der Waals surface area contributed by atoms with Crippen LogP contribution in [0.5, 0.6) is 0 Å². The minimum atomic E-state index is -0.795. The van der Waals surface area contributed by atoms with Crippen LogP contribution in [-0.4, -0.2) is 26.7 Å². The van der Waals surface area contributed by atoms with E-state index in [1.54, 1.807) is 0 Å². The van der Waals surface area contributed by atoms with Gasteiger partial charge in [0, 0.05) is 13.8 Å². The number of carbonyl (C=O) groups excluding carboxylic acids is 2. The van der Waals surface area contributed by atoms with Crippen LogP contribution in [0.1, 0.15) is 34.8 Å². The molecule has 1 heterocycles. The molecule has 1 aromatic heterocycles. The molecule has 14 heavy (non-hydrogen) atoms. The number of aromatic amines is 1. The molecule has 0 amide bonds. The Balaban J connectivity index is 3.42. The van der Waals surface area contributed by atoms with Gasteiger partial charge < -0.3 is 0 Å². The molecular weight excluding hydrogens is 190 g/mol. The number of rotatable bonds is 3. The summed E-state index contributed by atoms with van der Waals surface area (Å²) in [5.41, 5.74) is -1.12. The first-order valence-corrected chi connectivity index (χ1v) is 3.69. The molecule has 1 rings (SSSR count). The molecule has 1 N–H and O–H groups in total. The van der Waals surface area contributed by atoms with E-state index in [0.29, 0.717) is 0 Å². The van der Waals surface area contributed by atoms with Gasteiger partial charge in [-0.1, -0.05) is 0 Å². The van der Waals surface area contributed by atoms with Crippen molar-refractivity contribution in [2.24, 2.45) is 0 Å². The van der Waals surface area contributed by atoms with Crippen LogP contribution in [0, 0.1) is 10.1 Å². The van der Waals surface area contributed by atoms with Gasteiger partial charge in [-0.25, -0.2) is 0 Å². The fourth-order valence-electron chi connectivity index (χ4n) is 1.00. The lowest BCUT2D eigenvalue weighted by Gasteiger charge is -1.90. The summed E-state index contributed by atoms with van der Waals surface area (Å²) >= 11 is 0. The van der Waals surface area contributed by atoms with Crippen LogP contribution in [0.4, 0.5) is 5.69 Å². The number of hydrogen-bond acceptors (Lipinski definition) is 5. The first kappa shape index (κ1) is 10.0. The zero-order chi connectivity index (χ0) is 10.9. The Kier molecular flexibility index (Phi) is 2.41. The SMILES string of the molecule is CC(=O)c1n[nH]c(C(C)=O)c1[N+](=O)[O-]. The van der Waals surface area contributed by atoms with Gasteiger partial charge in [0.25, 0.3) is 0 Å². The van der Waals surface area contributed by atoms with E-state index in [2.05, 4.69) is 10.2 Å². The molecule has 0 radical (unpaired) electrons. The van der Waals surface area contributed by atoms with Crippen molar-refractivity contribution in [1.29, 1.82) is 0 Å². The largest absolute Gasteiger partial charge is 0.328 e. The molecule has 74 valence electrons. The standard InChI is InChI=1S/C7H7N3O4/c1-3(11)5-7(10(13)14)6(4(2)12)9-8-5/h1-2H3,(H,8,9). The molecule has 0 fully saturated rings. The summed E-state index contributed by atoms with van der Waals surface area (Å²) in [5.74, 6) is -1.09. The van der Waals surface area contributed by atoms with Gasteiger partial charge in [0.1, 0.15) is 0 Å². The zero-order valence-electron chi connectivity index (χ0n) is 7.53. The monoisotopic (exact) mass is 197 g/mol. The summed E-state index contributed by atoms with van der Waals surface area (Å²) in [7, 11) is 0. The lowest BCUT2D eigenvalue weighted by atomic mass is 10.2. The van der Waals surface area contributed by atoms with E-state index in [1.807, 2.05) is 0 Å². The topological polar surface area (TPSA) is 106 Å². The van der Waals surface area contributed by atoms with Crippen molar-refractivity contribution in [3.8, 4) is 0 Å². The third-order valence-electron chi connectivity index (χ3n) is 1.61. The molecule has 0 spiro atoms. The Morgan fingerprint density at radius 2 is 1.93 bits per heavy atom. The smallest absolute Gasteiger partial charge is 0.293 e. The second-order valence-corrected chi connectivity index (χ2v) is 2.67. The highest BCUT2D eigenvalue weighted by Crippen LogP contribution is 2.21. The average Bonchev–Trinajstić information content (AvgIpc) is 2.46. The molecule has 0 saturated heterocycles. The number of ketones is 2. The Morgan fingerprint density at radius 3 is 2.29 bits per heavy atom. The summed E-state index contributed by atoms with van der Waals surface area (Å²) < 4.78 is 0. The Bertz CT molecular complexity index is 389. The van der Waals surface area contributed by atoms with Gasteiger partial charge in [-0.15, -0.1) is 0 Å². The maximum Gasteiger partial charge on any atom is 0.328 e. The fraction of sp³-hybridized carbons (Fsp3) is 0.286. The Morgan fingerprint density at radius 1 is 1.36 bits per heavy atom. The maximum atomic E-state index is 10.9. The normalized spacial score (nSPS) is 9.86. The van der Waals surface area contributed by atoms with Gasteiger partial charge in [-0.05, 0) is 0 Å². The van der Waals surface area contributed by atoms with Gasteiger partial charge in [-0.3, -0.25) is 24.8 Å². The molecule has 7 heteroatoms. The first-order chi connectivity index (χ1) is 6.45. The van der Waals surface area contributed by atoms with Crippen LogP contribution in [0.3, 0.4) is 0 Å². The summed E-state index contributed by atoms with van der Waals surface area (Å²) in [6.45, 7) is 2.30. The van der Waals surface area contributed by atoms with Gasteiger partial charge in [-0.2, -0.15) is 5.10 Å². The van der Waals surface area contributed by atoms with Crippen LogP contribution in [0.15, 0.2) is 0 Å². The first-order valence-electron chi connectivity index (χ1n) is 3.69. The number of H-pyrrole nitrogens is 1. The molecule has 0 aliphatic rings. The van der Waals surface area contributed by atoms with Gasteiger partial charge in [0.05, 0.1) is 4.92 Å². The summed E-state index contributed by atoms with van der Waals surface area (Å²) in [6.07, 6.45) is 0. The summed E-state index contributed by atoms with van der Waals surface area (Å²) in [4.78, 5) is 31.6. The molecule has 0 aliphatic heterocycles. The quantitative estimate of drug-likeness (QED) is 0.436. The van der Waals surface area contributed by atoms with Crippen LogP contribution in [0.2, 0.25) is 0 Å². The molecule has 0 bridgehead atoms. The van der Waals surface area contributed by atoms with E-state index >= 15 is 0 Å².